The molecule has 0 saturated carbocycles. The summed E-state index contributed by atoms with van der Waals surface area (Å²) in [5.74, 6) is -0.216. The van der Waals surface area contributed by atoms with Gasteiger partial charge in [0.2, 0.25) is 0 Å². The number of hydrogen-bond acceptors (Lipinski definition) is 4. The Labute approximate surface area is 126 Å². The average Bonchev–Trinajstić information content (AvgIpc) is 2.94. The lowest BCUT2D eigenvalue weighted by Crippen LogP contribution is -2.01. The Balaban J connectivity index is 1.84. The Morgan fingerprint density at radius 1 is 0.952 bits per heavy atom. The first-order valence-corrected chi connectivity index (χ1v) is 7.64. The monoisotopic (exact) mass is 295 g/mol. The molecule has 0 bridgehead atoms. The van der Waals surface area contributed by atoms with Gasteiger partial charge < -0.3 is 10.2 Å². The summed E-state index contributed by atoms with van der Waals surface area (Å²) in [5.41, 5.74) is 4.45. The number of benzene rings is 2. The van der Waals surface area contributed by atoms with Crippen LogP contribution in [0.1, 0.15) is 10.4 Å². The molecule has 0 saturated heterocycles. The number of phenolic OH excluding ortho intramolecular Hbond substituents is 2. The van der Waals surface area contributed by atoms with E-state index in [1.54, 1.807) is 23.5 Å². The predicted molar refractivity (Wildman–Crippen MR) is 83.7 cm³/mol. The molecule has 4 heteroatoms. The third-order valence-electron chi connectivity index (χ3n) is 3.81. The van der Waals surface area contributed by atoms with Crippen LogP contribution in [0, 0.1) is 0 Å². The molecule has 0 amide bonds. The quantitative estimate of drug-likeness (QED) is 0.667. The van der Waals surface area contributed by atoms with Gasteiger partial charge in [0, 0.05) is 16.0 Å². The van der Waals surface area contributed by atoms with Crippen LogP contribution in [0.5, 0.6) is 11.5 Å². The molecule has 2 N–H and O–H groups in total. The van der Waals surface area contributed by atoms with E-state index in [9.17, 15) is 10.2 Å². The second-order valence-electron chi connectivity index (χ2n) is 5.15. The highest BCUT2D eigenvalue weighted by atomic mass is 32.1. The van der Waals surface area contributed by atoms with Crippen LogP contribution >= 0.6 is 11.3 Å². The van der Waals surface area contributed by atoms with Crippen molar-refractivity contribution in [3.8, 4) is 33.3 Å². The molecule has 0 fully saturated rings. The van der Waals surface area contributed by atoms with Crippen LogP contribution < -0.4 is 0 Å². The van der Waals surface area contributed by atoms with Gasteiger partial charge in [0.25, 0.3) is 0 Å². The number of rotatable bonds is 1. The van der Waals surface area contributed by atoms with Crippen molar-refractivity contribution in [2.24, 2.45) is 0 Å². The smallest absolute Gasteiger partial charge is 0.158 e. The summed E-state index contributed by atoms with van der Waals surface area (Å²) in [6, 6.07) is 13.2. The SMILES string of the molecule is Oc1ccc(-c2nc3c(s2)CCc2ccccc2-3)cc1O. The lowest BCUT2D eigenvalue weighted by Gasteiger charge is -2.13. The number of nitrogens with zero attached hydrogens (tertiary/aromatic N) is 1. The Hall–Kier alpha value is -2.33. The zero-order valence-corrected chi connectivity index (χ0v) is 12.0. The largest absolute Gasteiger partial charge is 0.504 e. The molecule has 0 unspecified atom stereocenters. The summed E-state index contributed by atoms with van der Waals surface area (Å²) in [4.78, 5) is 6.05. The number of aromatic nitrogens is 1. The second-order valence-corrected chi connectivity index (χ2v) is 6.24. The summed E-state index contributed by atoms with van der Waals surface area (Å²) in [6.07, 6.45) is 2.06. The van der Waals surface area contributed by atoms with Crippen molar-refractivity contribution in [1.82, 2.24) is 4.98 Å². The van der Waals surface area contributed by atoms with Gasteiger partial charge in [-0.25, -0.2) is 4.98 Å². The molecule has 1 heterocycles. The fourth-order valence-corrected chi connectivity index (χ4v) is 3.80. The van der Waals surface area contributed by atoms with E-state index in [0.717, 1.165) is 29.1 Å². The number of aromatic hydroxyl groups is 2. The Bertz CT molecular complexity index is 839. The van der Waals surface area contributed by atoms with Crippen LogP contribution in [0.15, 0.2) is 42.5 Å². The fraction of sp³-hybridized carbons (Fsp3) is 0.118. The molecule has 21 heavy (non-hydrogen) atoms. The molecule has 104 valence electrons. The van der Waals surface area contributed by atoms with Crippen molar-refractivity contribution in [1.29, 1.82) is 0 Å². The first-order valence-electron chi connectivity index (χ1n) is 6.83. The number of hydrogen-bond donors (Lipinski definition) is 2. The molecule has 0 aliphatic heterocycles. The van der Waals surface area contributed by atoms with E-state index >= 15 is 0 Å². The number of phenols is 2. The highest BCUT2D eigenvalue weighted by Crippen LogP contribution is 2.40. The maximum absolute atomic E-state index is 9.65. The molecule has 2 aromatic carbocycles. The van der Waals surface area contributed by atoms with Crippen molar-refractivity contribution in [3.63, 3.8) is 0 Å². The zero-order valence-electron chi connectivity index (χ0n) is 11.2. The summed E-state index contributed by atoms with van der Waals surface area (Å²) in [5, 5.41) is 19.9. The summed E-state index contributed by atoms with van der Waals surface area (Å²) in [6.45, 7) is 0. The number of fused-ring (bicyclic) bond motifs is 3. The van der Waals surface area contributed by atoms with Crippen LogP contribution in [0.3, 0.4) is 0 Å². The molecule has 3 nitrogen and oxygen atoms in total. The number of thiazole rings is 1. The molecular formula is C17H13NO2S. The molecule has 0 radical (unpaired) electrons. The standard InChI is InChI=1S/C17H13NO2S/c19-13-7-5-11(9-14(13)20)17-18-16-12-4-2-1-3-10(12)6-8-15(16)21-17/h1-5,7,9,19-20H,6,8H2. The molecule has 0 spiro atoms. The highest BCUT2D eigenvalue weighted by Gasteiger charge is 2.21. The Kier molecular flexibility index (Phi) is 2.72. The van der Waals surface area contributed by atoms with E-state index in [2.05, 4.69) is 18.2 Å². The highest BCUT2D eigenvalue weighted by molar-refractivity contribution is 7.15. The Morgan fingerprint density at radius 3 is 2.67 bits per heavy atom. The maximum atomic E-state index is 9.65. The van der Waals surface area contributed by atoms with Crippen molar-refractivity contribution in [3.05, 3.63) is 52.9 Å². The molecular weight excluding hydrogens is 282 g/mol. The molecule has 0 atom stereocenters. The van der Waals surface area contributed by atoms with Crippen LogP contribution in [0.2, 0.25) is 0 Å². The van der Waals surface area contributed by atoms with E-state index in [-0.39, 0.29) is 11.5 Å². The third-order valence-corrected chi connectivity index (χ3v) is 4.98. The van der Waals surface area contributed by atoms with Crippen molar-refractivity contribution in [2.75, 3.05) is 0 Å². The number of aryl methyl sites for hydroxylation is 2. The minimum atomic E-state index is -0.110. The Morgan fingerprint density at radius 2 is 1.81 bits per heavy atom. The minimum absolute atomic E-state index is 0.106. The van der Waals surface area contributed by atoms with Gasteiger partial charge in [-0.2, -0.15) is 0 Å². The second kappa shape index (κ2) is 4.60. The van der Waals surface area contributed by atoms with Gasteiger partial charge in [-0.1, -0.05) is 24.3 Å². The van der Waals surface area contributed by atoms with Gasteiger partial charge in [-0.3, -0.25) is 0 Å². The van der Waals surface area contributed by atoms with E-state index < -0.39 is 0 Å². The van der Waals surface area contributed by atoms with E-state index in [1.807, 2.05) is 6.07 Å². The van der Waals surface area contributed by atoms with E-state index in [0.29, 0.717) is 0 Å². The van der Waals surface area contributed by atoms with Crippen LogP contribution in [-0.4, -0.2) is 15.2 Å². The van der Waals surface area contributed by atoms with Gasteiger partial charge >= 0.3 is 0 Å². The van der Waals surface area contributed by atoms with Gasteiger partial charge in [0.1, 0.15) is 5.01 Å². The van der Waals surface area contributed by atoms with Gasteiger partial charge in [-0.05, 0) is 36.6 Å². The summed E-state index contributed by atoms with van der Waals surface area (Å²) >= 11 is 1.66. The molecule has 4 rings (SSSR count). The lowest BCUT2D eigenvalue weighted by atomic mass is 9.94. The van der Waals surface area contributed by atoms with Gasteiger partial charge in [0.05, 0.1) is 5.69 Å². The maximum Gasteiger partial charge on any atom is 0.158 e. The molecule has 3 aromatic rings. The first kappa shape index (κ1) is 12.4. The zero-order chi connectivity index (χ0) is 14.4. The molecule has 1 aliphatic rings. The van der Waals surface area contributed by atoms with Crippen LogP contribution in [0.25, 0.3) is 21.8 Å². The van der Waals surface area contributed by atoms with Crippen LogP contribution in [-0.2, 0) is 12.8 Å². The van der Waals surface area contributed by atoms with Gasteiger partial charge in [-0.15, -0.1) is 11.3 Å². The average molecular weight is 295 g/mol. The van der Waals surface area contributed by atoms with Crippen molar-refractivity contribution in [2.45, 2.75) is 12.8 Å². The third kappa shape index (κ3) is 1.99. The van der Waals surface area contributed by atoms with Crippen LogP contribution in [0.4, 0.5) is 0 Å². The minimum Gasteiger partial charge on any atom is -0.504 e. The van der Waals surface area contributed by atoms with Crippen molar-refractivity contribution < 1.29 is 10.2 Å². The normalized spacial score (nSPS) is 12.8. The molecule has 1 aliphatic carbocycles. The topological polar surface area (TPSA) is 53.4 Å². The van der Waals surface area contributed by atoms with Gasteiger partial charge in [0.15, 0.2) is 11.5 Å². The van der Waals surface area contributed by atoms with Crippen molar-refractivity contribution >= 4 is 11.3 Å². The summed E-state index contributed by atoms with van der Waals surface area (Å²) in [7, 11) is 0. The lowest BCUT2D eigenvalue weighted by molar-refractivity contribution is 0.404. The van der Waals surface area contributed by atoms with E-state index in [4.69, 9.17) is 4.98 Å². The summed E-state index contributed by atoms with van der Waals surface area (Å²) < 4.78 is 0. The predicted octanol–water partition coefficient (Wildman–Crippen LogP) is 3.99. The molecule has 1 aromatic heterocycles. The van der Waals surface area contributed by atoms with E-state index in [1.165, 1.54) is 22.1 Å². The fourth-order valence-electron chi connectivity index (χ4n) is 2.73. The first-order chi connectivity index (χ1) is 10.2.